The van der Waals surface area contributed by atoms with Gasteiger partial charge in [0.25, 0.3) is 0 Å². The monoisotopic (exact) mass is 214 g/mol. The van der Waals surface area contributed by atoms with Crippen molar-refractivity contribution in [3.05, 3.63) is 35.5 Å². The molecule has 1 aliphatic rings. The van der Waals surface area contributed by atoms with E-state index in [0.717, 1.165) is 5.57 Å². The molecule has 0 aliphatic heterocycles. The lowest BCUT2D eigenvalue weighted by atomic mass is 9.88. The average molecular weight is 214 g/mol. The van der Waals surface area contributed by atoms with Crippen molar-refractivity contribution in [2.45, 2.75) is 41.0 Å². The quantitative estimate of drug-likeness (QED) is 0.492. The SMILES string of the molecule is CC.CC1=C/C(F)=C(/F)C(C)(C)/C=C\C1. The molecule has 0 saturated carbocycles. The Morgan fingerprint density at radius 2 is 1.73 bits per heavy atom. The van der Waals surface area contributed by atoms with E-state index in [1.165, 1.54) is 6.08 Å². The van der Waals surface area contributed by atoms with Gasteiger partial charge in [0.2, 0.25) is 0 Å². The Kier molecular flexibility index (Phi) is 5.48. The molecule has 0 fully saturated rings. The second-order valence-corrected chi connectivity index (χ2v) is 3.98. The van der Waals surface area contributed by atoms with Gasteiger partial charge in [-0.3, -0.25) is 0 Å². The summed E-state index contributed by atoms with van der Waals surface area (Å²) in [5, 5.41) is 0. The van der Waals surface area contributed by atoms with Gasteiger partial charge in [-0.05, 0) is 33.3 Å². The standard InChI is InChI=1S/C11H14F2.C2H6/c1-8-5-4-6-11(2,3)10(13)9(12)7-8;1-2/h4,6-7H,5H2,1-3H3;1-2H3/b6-4-,8-7?,10-9-;. The molecule has 0 radical (unpaired) electrons. The largest absolute Gasteiger partial charge is 0.208 e. The van der Waals surface area contributed by atoms with Gasteiger partial charge in [-0.2, -0.15) is 0 Å². The third-order valence-electron chi connectivity index (χ3n) is 2.12. The number of halogens is 2. The predicted octanol–water partition coefficient (Wildman–Crippen LogP) is 5.10. The molecule has 0 saturated heterocycles. The van der Waals surface area contributed by atoms with Crippen LogP contribution < -0.4 is 0 Å². The van der Waals surface area contributed by atoms with Crippen LogP contribution in [0.25, 0.3) is 0 Å². The van der Waals surface area contributed by atoms with E-state index >= 15 is 0 Å². The Labute approximate surface area is 91.4 Å². The number of hydrogen-bond acceptors (Lipinski definition) is 0. The Balaban J connectivity index is 0.000000921. The summed E-state index contributed by atoms with van der Waals surface area (Å²) in [4.78, 5) is 0. The minimum atomic E-state index is -0.818. The van der Waals surface area contributed by atoms with Crippen LogP contribution in [0.5, 0.6) is 0 Å². The van der Waals surface area contributed by atoms with Crippen LogP contribution in [0.15, 0.2) is 35.5 Å². The molecule has 0 aromatic heterocycles. The van der Waals surface area contributed by atoms with Crippen LogP contribution in [0.4, 0.5) is 8.78 Å². The number of rotatable bonds is 0. The Hall–Kier alpha value is -0.920. The maximum Gasteiger partial charge on any atom is 0.155 e. The normalized spacial score (nSPS) is 26.7. The van der Waals surface area contributed by atoms with Crippen LogP contribution in [-0.4, -0.2) is 0 Å². The Morgan fingerprint density at radius 1 is 1.20 bits per heavy atom. The molecule has 0 N–H and O–H groups in total. The van der Waals surface area contributed by atoms with E-state index in [-0.39, 0.29) is 0 Å². The molecule has 1 rings (SSSR count). The zero-order valence-electron chi connectivity index (χ0n) is 10.2. The van der Waals surface area contributed by atoms with E-state index < -0.39 is 17.1 Å². The van der Waals surface area contributed by atoms with Crippen molar-refractivity contribution in [1.29, 1.82) is 0 Å². The van der Waals surface area contributed by atoms with Crippen LogP contribution in [0.1, 0.15) is 41.0 Å². The van der Waals surface area contributed by atoms with E-state index in [1.807, 2.05) is 19.9 Å². The molecule has 15 heavy (non-hydrogen) atoms. The molecule has 1 aliphatic carbocycles. The van der Waals surface area contributed by atoms with Gasteiger partial charge in [-0.1, -0.05) is 31.6 Å². The average Bonchev–Trinajstić information content (AvgIpc) is 2.18. The van der Waals surface area contributed by atoms with Crippen LogP contribution in [-0.2, 0) is 0 Å². The lowest BCUT2D eigenvalue weighted by Crippen LogP contribution is -2.10. The summed E-state index contributed by atoms with van der Waals surface area (Å²) in [6.45, 7) is 9.11. The summed E-state index contributed by atoms with van der Waals surface area (Å²) in [5.74, 6) is -1.44. The van der Waals surface area contributed by atoms with E-state index in [0.29, 0.717) is 6.42 Å². The molecule has 86 valence electrons. The highest BCUT2D eigenvalue weighted by atomic mass is 19.2. The van der Waals surface area contributed by atoms with Crippen LogP contribution in [0, 0.1) is 5.41 Å². The lowest BCUT2D eigenvalue weighted by Gasteiger charge is -2.19. The van der Waals surface area contributed by atoms with E-state index in [9.17, 15) is 8.78 Å². The van der Waals surface area contributed by atoms with Crippen molar-refractivity contribution in [3.8, 4) is 0 Å². The lowest BCUT2D eigenvalue weighted by molar-refractivity contribution is 0.396. The summed E-state index contributed by atoms with van der Waals surface area (Å²) in [7, 11) is 0. The molecule has 0 unspecified atom stereocenters. The predicted molar refractivity (Wildman–Crippen MR) is 61.9 cm³/mol. The smallest absolute Gasteiger partial charge is 0.155 e. The topological polar surface area (TPSA) is 0 Å². The highest BCUT2D eigenvalue weighted by Gasteiger charge is 2.24. The molecule has 0 atom stereocenters. The maximum atomic E-state index is 13.4. The fraction of sp³-hybridized carbons (Fsp3) is 0.538. The van der Waals surface area contributed by atoms with E-state index in [1.54, 1.807) is 26.8 Å². The van der Waals surface area contributed by atoms with Gasteiger partial charge in [-0.25, -0.2) is 8.78 Å². The second-order valence-electron chi connectivity index (χ2n) is 3.98. The second kappa shape index (κ2) is 5.84. The Morgan fingerprint density at radius 3 is 2.27 bits per heavy atom. The molecule has 0 aromatic rings. The fourth-order valence-electron chi connectivity index (χ4n) is 1.26. The Bertz CT molecular complexity index is 294. The van der Waals surface area contributed by atoms with Gasteiger partial charge in [0.15, 0.2) is 5.83 Å². The van der Waals surface area contributed by atoms with Gasteiger partial charge < -0.3 is 0 Å². The molecule has 0 spiro atoms. The van der Waals surface area contributed by atoms with Gasteiger partial charge >= 0.3 is 0 Å². The molecular formula is C13H20F2. The van der Waals surface area contributed by atoms with Crippen molar-refractivity contribution < 1.29 is 8.78 Å². The molecule has 2 heteroatoms. The van der Waals surface area contributed by atoms with E-state index in [2.05, 4.69) is 0 Å². The first kappa shape index (κ1) is 14.1. The van der Waals surface area contributed by atoms with E-state index in [4.69, 9.17) is 0 Å². The number of hydrogen-bond donors (Lipinski definition) is 0. The van der Waals surface area contributed by atoms with Crippen LogP contribution in [0.2, 0.25) is 0 Å². The summed E-state index contributed by atoms with van der Waals surface area (Å²) in [5.41, 5.74) is 0.0146. The first-order valence-corrected chi connectivity index (χ1v) is 5.34. The highest BCUT2D eigenvalue weighted by molar-refractivity contribution is 5.29. The summed E-state index contributed by atoms with van der Waals surface area (Å²) in [6, 6.07) is 0. The minimum Gasteiger partial charge on any atom is -0.208 e. The van der Waals surface area contributed by atoms with Gasteiger partial charge in [0.1, 0.15) is 5.83 Å². The molecule has 0 aromatic carbocycles. The van der Waals surface area contributed by atoms with Crippen molar-refractivity contribution in [1.82, 2.24) is 0 Å². The zero-order chi connectivity index (χ0) is 12.1. The zero-order valence-corrected chi connectivity index (χ0v) is 10.2. The third kappa shape index (κ3) is 3.98. The minimum absolute atomic E-state index is 0.685. The summed E-state index contributed by atoms with van der Waals surface area (Å²) in [6.07, 6.45) is 5.53. The maximum absolute atomic E-state index is 13.4. The van der Waals surface area contributed by atoms with Crippen molar-refractivity contribution in [2.75, 3.05) is 0 Å². The molecule has 0 nitrogen and oxygen atoms in total. The highest BCUT2D eigenvalue weighted by Crippen LogP contribution is 2.34. The first-order chi connectivity index (χ1) is 6.93. The molecule has 0 heterocycles. The molecule has 0 bridgehead atoms. The van der Waals surface area contributed by atoms with Crippen LogP contribution in [0.3, 0.4) is 0 Å². The van der Waals surface area contributed by atoms with Gasteiger partial charge in [-0.15, -0.1) is 0 Å². The third-order valence-corrected chi connectivity index (χ3v) is 2.12. The van der Waals surface area contributed by atoms with Gasteiger partial charge in [0.05, 0.1) is 0 Å². The number of allylic oxidation sites excluding steroid dienone is 6. The van der Waals surface area contributed by atoms with Crippen molar-refractivity contribution in [2.24, 2.45) is 5.41 Å². The van der Waals surface area contributed by atoms with Crippen molar-refractivity contribution >= 4 is 0 Å². The van der Waals surface area contributed by atoms with Crippen molar-refractivity contribution in [3.63, 3.8) is 0 Å². The van der Waals surface area contributed by atoms with Crippen LogP contribution >= 0.6 is 0 Å². The molecule has 0 amide bonds. The fourth-order valence-corrected chi connectivity index (χ4v) is 1.26. The van der Waals surface area contributed by atoms with Gasteiger partial charge in [0, 0.05) is 5.41 Å². The molecular weight excluding hydrogens is 194 g/mol. The summed E-state index contributed by atoms with van der Waals surface area (Å²) < 4.78 is 26.5. The first-order valence-electron chi connectivity index (χ1n) is 5.34. The summed E-state index contributed by atoms with van der Waals surface area (Å²) >= 11 is 0.